The van der Waals surface area contributed by atoms with Crippen molar-refractivity contribution in [1.82, 2.24) is 34.6 Å². The van der Waals surface area contributed by atoms with Crippen LogP contribution < -0.4 is 11.1 Å². The molecule has 0 bridgehead atoms. The number of aromatic nitrogens is 7. The first-order valence-electron chi connectivity index (χ1n) is 14.0. The summed E-state index contributed by atoms with van der Waals surface area (Å²) in [6.45, 7) is 6.95. The fraction of sp³-hybridized carbons (Fsp3) is 0.571. The largest absolute Gasteiger partial charge is 0.439 e. The molecule has 2 atom stereocenters. The van der Waals surface area contributed by atoms with E-state index in [0.717, 1.165) is 24.3 Å². The topological polar surface area (TPSA) is 148 Å². The maximum atomic E-state index is 12.0. The molecule has 2 aliphatic carbocycles. The third kappa shape index (κ3) is 4.95. The second-order valence-electron chi connectivity index (χ2n) is 11.6. The molecule has 6 rings (SSSR count). The summed E-state index contributed by atoms with van der Waals surface area (Å²) in [6.07, 6.45) is 11.6. The second kappa shape index (κ2) is 10.2. The minimum Gasteiger partial charge on any atom is -0.377 e. The highest BCUT2D eigenvalue weighted by molar-refractivity contribution is 5.86. The summed E-state index contributed by atoms with van der Waals surface area (Å²) in [5.74, 6) is 2.53. The molecule has 2 saturated carbocycles. The monoisotopic (exact) mass is 532 g/mol. The van der Waals surface area contributed by atoms with Crippen molar-refractivity contribution in [3.8, 4) is 11.6 Å². The number of pyridine rings is 1. The van der Waals surface area contributed by atoms with Crippen molar-refractivity contribution >= 4 is 17.0 Å². The van der Waals surface area contributed by atoms with E-state index in [1.807, 2.05) is 0 Å². The zero-order chi connectivity index (χ0) is 27.1. The number of fused-ring (bicyclic) bond motifs is 1. The predicted octanol–water partition coefficient (Wildman–Crippen LogP) is 4.25. The van der Waals surface area contributed by atoms with Crippen molar-refractivity contribution in [2.24, 2.45) is 17.8 Å². The third-order valence-corrected chi connectivity index (χ3v) is 8.73. The molecule has 11 heteroatoms. The van der Waals surface area contributed by atoms with Gasteiger partial charge in [0.25, 0.3) is 0 Å². The van der Waals surface area contributed by atoms with Crippen LogP contribution in [0.1, 0.15) is 77.1 Å². The lowest BCUT2D eigenvalue weighted by Gasteiger charge is -2.33. The van der Waals surface area contributed by atoms with Gasteiger partial charge in [-0.1, -0.05) is 31.3 Å². The van der Waals surface area contributed by atoms with Gasteiger partial charge in [-0.15, -0.1) is 0 Å². The Morgan fingerprint density at radius 1 is 1.15 bits per heavy atom. The number of hydrogen-bond donors (Lipinski definition) is 3. The van der Waals surface area contributed by atoms with Gasteiger partial charge in [0.2, 0.25) is 11.6 Å². The summed E-state index contributed by atoms with van der Waals surface area (Å²) in [5, 5.41) is 19.4. The highest BCUT2D eigenvalue weighted by Gasteiger charge is 2.35. The minimum atomic E-state index is -1.40. The molecule has 2 aliphatic rings. The van der Waals surface area contributed by atoms with Gasteiger partial charge in [-0.3, -0.25) is 14.5 Å². The second-order valence-corrected chi connectivity index (χ2v) is 11.6. The van der Waals surface area contributed by atoms with Crippen molar-refractivity contribution in [3.63, 3.8) is 0 Å². The minimum absolute atomic E-state index is 0.138. The van der Waals surface area contributed by atoms with Gasteiger partial charge in [-0.2, -0.15) is 0 Å². The molecule has 4 aromatic rings. The number of nitrogens with zero attached hydrogens (tertiary/aromatic N) is 6. The fourth-order valence-electron chi connectivity index (χ4n) is 5.97. The van der Waals surface area contributed by atoms with Crippen molar-refractivity contribution in [3.05, 3.63) is 46.5 Å². The van der Waals surface area contributed by atoms with E-state index >= 15 is 0 Å². The average molecular weight is 533 g/mol. The number of nitrogens with one attached hydrogen (secondary N) is 2. The Morgan fingerprint density at radius 3 is 2.54 bits per heavy atom. The van der Waals surface area contributed by atoms with Crippen LogP contribution in [0.25, 0.3) is 22.8 Å². The first-order chi connectivity index (χ1) is 18.8. The Morgan fingerprint density at radius 2 is 1.90 bits per heavy atom. The molecule has 4 aromatic heterocycles. The molecule has 0 saturated heterocycles. The number of H-pyrrole nitrogens is 1. The van der Waals surface area contributed by atoms with Gasteiger partial charge < -0.3 is 15.0 Å². The Labute approximate surface area is 226 Å². The number of aromatic amines is 1. The number of aliphatic hydroxyl groups is 1. The van der Waals surface area contributed by atoms with Crippen LogP contribution in [0.4, 0.5) is 5.82 Å². The zero-order valence-electron chi connectivity index (χ0n) is 22.7. The molecule has 0 radical (unpaired) electrons. The normalized spacial score (nSPS) is 22.4. The number of imidazole rings is 1. The number of rotatable bonds is 8. The Bertz CT molecular complexity index is 1500. The van der Waals surface area contributed by atoms with Crippen LogP contribution in [0.5, 0.6) is 0 Å². The molecule has 206 valence electrons. The van der Waals surface area contributed by atoms with Crippen LogP contribution in [0.2, 0.25) is 0 Å². The SMILES string of the molecule is CC1CCC(Cn2c(C(C)(O)c3ccncc3)nc3nc(-c4noc(=O)[nH]4)nc(N[C@H](C)C4CCC4)c32)CC1. The lowest BCUT2D eigenvalue weighted by Crippen LogP contribution is -2.32. The Balaban J connectivity index is 1.53. The molecule has 3 N–H and O–H groups in total. The zero-order valence-corrected chi connectivity index (χ0v) is 22.7. The van der Waals surface area contributed by atoms with Crippen molar-refractivity contribution in [2.45, 2.75) is 83.9 Å². The predicted molar refractivity (Wildman–Crippen MR) is 146 cm³/mol. The summed E-state index contributed by atoms with van der Waals surface area (Å²) < 4.78 is 6.85. The van der Waals surface area contributed by atoms with E-state index in [2.05, 4.69) is 38.9 Å². The molecule has 1 unspecified atom stereocenters. The highest BCUT2D eigenvalue weighted by Crippen LogP contribution is 2.38. The molecular weight excluding hydrogens is 496 g/mol. The summed E-state index contributed by atoms with van der Waals surface area (Å²) in [5.41, 5.74) is 0.474. The smallest absolute Gasteiger partial charge is 0.377 e. The first kappa shape index (κ1) is 25.7. The van der Waals surface area contributed by atoms with Crippen LogP contribution in [-0.2, 0) is 12.1 Å². The van der Waals surface area contributed by atoms with Crippen molar-refractivity contribution < 1.29 is 9.63 Å². The van der Waals surface area contributed by atoms with Gasteiger partial charge in [-0.25, -0.2) is 19.7 Å². The van der Waals surface area contributed by atoms with E-state index in [9.17, 15) is 9.90 Å². The van der Waals surface area contributed by atoms with Gasteiger partial charge in [0, 0.05) is 25.0 Å². The van der Waals surface area contributed by atoms with Crippen LogP contribution in [0.3, 0.4) is 0 Å². The van der Waals surface area contributed by atoms with Crippen molar-refractivity contribution in [2.75, 3.05) is 5.32 Å². The molecule has 0 aliphatic heterocycles. The van der Waals surface area contributed by atoms with E-state index < -0.39 is 11.4 Å². The molecule has 39 heavy (non-hydrogen) atoms. The van der Waals surface area contributed by atoms with Gasteiger partial charge in [-0.05, 0) is 75.0 Å². The maximum absolute atomic E-state index is 12.0. The molecular formula is C28H36N8O3. The number of anilines is 1. The van der Waals surface area contributed by atoms with Crippen LogP contribution in [0.15, 0.2) is 33.8 Å². The molecule has 2 fully saturated rings. The van der Waals surface area contributed by atoms with Crippen LogP contribution in [0, 0.1) is 17.8 Å². The quantitative estimate of drug-likeness (QED) is 0.303. The first-order valence-corrected chi connectivity index (χ1v) is 14.0. The average Bonchev–Trinajstić information content (AvgIpc) is 3.49. The lowest BCUT2D eigenvalue weighted by molar-refractivity contribution is 0.0865. The standard InChI is InChI=1S/C28H36N8O3/c1-16-7-9-18(10-8-16)15-36-21-22(30-17(2)19-5-4-6-19)31-24(25-34-27(37)39-35-25)32-23(21)33-26(36)28(3,38)20-11-13-29-14-12-20/h11-14,16-19,38H,4-10,15H2,1-3H3,(H,30,31,32)(H,34,35,37)/t16?,17-,18?,28?/m1/s1. The van der Waals surface area contributed by atoms with Crippen molar-refractivity contribution in [1.29, 1.82) is 0 Å². The van der Waals surface area contributed by atoms with Gasteiger partial charge in [0.1, 0.15) is 16.9 Å². The van der Waals surface area contributed by atoms with E-state index in [4.69, 9.17) is 19.5 Å². The van der Waals surface area contributed by atoms with Gasteiger partial charge in [0.05, 0.1) is 0 Å². The third-order valence-electron chi connectivity index (χ3n) is 8.73. The molecule has 0 amide bonds. The molecule has 4 heterocycles. The number of hydrogen-bond acceptors (Lipinski definition) is 9. The summed E-state index contributed by atoms with van der Waals surface area (Å²) >= 11 is 0. The summed E-state index contributed by atoms with van der Waals surface area (Å²) in [7, 11) is 0. The van der Waals surface area contributed by atoms with E-state index in [0.29, 0.717) is 41.2 Å². The van der Waals surface area contributed by atoms with E-state index in [1.54, 1.807) is 31.5 Å². The summed E-state index contributed by atoms with van der Waals surface area (Å²) in [4.78, 5) is 32.8. The molecule has 11 nitrogen and oxygen atoms in total. The maximum Gasteiger partial charge on any atom is 0.439 e. The highest BCUT2D eigenvalue weighted by atomic mass is 16.5. The van der Waals surface area contributed by atoms with Gasteiger partial charge >= 0.3 is 5.76 Å². The van der Waals surface area contributed by atoms with Crippen LogP contribution in [-0.4, -0.2) is 45.8 Å². The van der Waals surface area contributed by atoms with Gasteiger partial charge in [0.15, 0.2) is 11.5 Å². The lowest BCUT2D eigenvalue weighted by atomic mass is 9.80. The van der Waals surface area contributed by atoms with E-state index in [-0.39, 0.29) is 17.7 Å². The Kier molecular flexibility index (Phi) is 6.70. The fourth-order valence-corrected chi connectivity index (χ4v) is 5.97. The van der Waals surface area contributed by atoms with E-state index in [1.165, 1.54) is 32.1 Å². The van der Waals surface area contributed by atoms with Crippen LogP contribution >= 0.6 is 0 Å². The Hall–Kier alpha value is -3.60. The summed E-state index contributed by atoms with van der Waals surface area (Å²) in [6, 6.07) is 3.80. The molecule has 0 spiro atoms. The molecule has 0 aromatic carbocycles.